The van der Waals surface area contributed by atoms with E-state index < -0.39 is 0 Å². The van der Waals surface area contributed by atoms with Gasteiger partial charge < -0.3 is 4.74 Å². The molecule has 2 aliphatic rings. The van der Waals surface area contributed by atoms with Crippen LogP contribution in [0.5, 0.6) is 0 Å². The fraction of sp³-hybridized carbons (Fsp3) is 1.00. The molecule has 2 atom stereocenters. The zero-order valence-corrected chi connectivity index (χ0v) is 10.5. The Morgan fingerprint density at radius 2 is 2.19 bits per heavy atom. The van der Waals surface area contributed by atoms with Crippen molar-refractivity contribution in [1.82, 2.24) is 10.3 Å². The fourth-order valence-corrected chi connectivity index (χ4v) is 2.45. The van der Waals surface area contributed by atoms with Crippen LogP contribution in [0.1, 0.15) is 33.1 Å². The monoisotopic (exact) mass is 227 g/mol. The number of nitrogens with zero attached hydrogens (tertiary/aromatic N) is 1. The predicted octanol–water partition coefficient (Wildman–Crippen LogP) is 0.728. The van der Waals surface area contributed by atoms with Gasteiger partial charge in [-0.15, -0.1) is 0 Å². The molecule has 2 unspecified atom stereocenters. The van der Waals surface area contributed by atoms with Gasteiger partial charge in [-0.2, -0.15) is 0 Å². The smallest absolute Gasteiger partial charge is 0.0868 e. The lowest BCUT2D eigenvalue weighted by atomic mass is 10.0. The highest BCUT2D eigenvalue weighted by Gasteiger charge is 2.33. The number of hydrazine groups is 1. The van der Waals surface area contributed by atoms with Gasteiger partial charge in [0.1, 0.15) is 0 Å². The van der Waals surface area contributed by atoms with Crippen molar-refractivity contribution in [3.63, 3.8) is 0 Å². The molecule has 0 aromatic heterocycles. The maximum Gasteiger partial charge on any atom is 0.0868 e. The van der Waals surface area contributed by atoms with Crippen molar-refractivity contribution in [3.05, 3.63) is 0 Å². The molecule has 1 saturated carbocycles. The summed E-state index contributed by atoms with van der Waals surface area (Å²) in [6, 6.07) is 0.930. The molecule has 4 heteroatoms. The minimum Gasteiger partial charge on any atom is -0.374 e. The summed E-state index contributed by atoms with van der Waals surface area (Å²) in [5.41, 5.74) is 2.95. The molecule has 0 spiro atoms. The van der Waals surface area contributed by atoms with Gasteiger partial charge >= 0.3 is 0 Å². The molecule has 3 N–H and O–H groups in total. The Morgan fingerprint density at radius 3 is 2.75 bits per heavy atom. The van der Waals surface area contributed by atoms with Crippen molar-refractivity contribution in [1.29, 1.82) is 0 Å². The highest BCUT2D eigenvalue weighted by molar-refractivity contribution is 4.87. The number of hydrogen-bond acceptors (Lipinski definition) is 4. The van der Waals surface area contributed by atoms with Crippen LogP contribution in [0.4, 0.5) is 0 Å². The Balaban J connectivity index is 1.85. The molecule has 1 saturated heterocycles. The van der Waals surface area contributed by atoms with Gasteiger partial charge in [-0.25, -0.2) is 0 Å². The molecule has 0 aromatic rings. The highest BCUT2D eigenvalue weighted by Crippen LogP contribution is 2.34. The molecule has 0 amide bonds. The number of nitrogens with two attached hydrogens (primary N) is 1. The van der Waals surface area contributed by atoms with Crippen LogP contribution in [-0.2, 0) is 4.74 Å². The molecule has 1 heterocycles. The summed E-state index contributed by atoms with van der Waals surface area (Å²) in [5, 5.41) is 0. The van der Waals surface area contributed by atoms with Crippen molar-refractivity contribution in [2.75, 3.05) is 19.7 Å². The standard InChI is InChI=1S/C12H25N3O/c1-9(2)15-5-6-16-12(8-15)11(14-13)7-10-3-4-10/h9-12,14H,3-8,13H2,1-2H3. The van der Waals surface area contributed by atoms with Crippen molar-refractivity contribution in [2.45, 2.75) is 51.3 Å². The van der Waals surface area contributed by atoms with E-state index >= 15 is 0 Å². The van der Waals surface area contributed by atoms with Crippen LogP contribution in [0.15, 0.2) is 0 Å². The molecule has 1 aliphatic heterocycles. The summed E-state index contributed by atoms with van der Waals surface area (Å²) in [7, 11) is 0. The highest BCUT2D eigenvalue weighted by atomic mass is 16.5. The van der Waals surface area contributed by atoms with Gasteiger partial charge in [-0.05, 0) is 26.2 Å². The van der Waals surface area contributed by atoms with Crippen LogP contribution in [0.25, 0.3) is 0 Å². The van der Waals surface area contributed by atoms with Crippen LogP contribution in [0.3, 0.4) is 0 Å². The van der Waals surface area contributed by atoms with E-state index in [0.29, 0.717) is 12.1 Å². The number of rotatable bonds is 5. The minimum atomic E-state index is 0.266. The second-order valence-electron chi connectivity index (χ2n) is 5.45. The zero-order valence-electron chi connectivity index (χ0n) is 10.5. The zero-order chi connectivity index (χ0) is 11.5. The maximum absolute atomic E-state index is 5.86. The van der Waals surface area contributed by atoms with Crippen LogP contribution < -0.4 is 11.3 Å². The summed E-state index contributed by atoms with van der Waals surface area (Å²) in [6.45, 7) is 7.39. The van der Waals surface area contributed by atoms with Crippen LogP contribution in [0.2, 0.25) is 0 Å². The third-order valence-electron chi connectivity index (χ3n) is 3.80. The maximum atomic E-state index is 5.86. The van der Waals surface area contributed by atoms with Gasteiger partial charge in [0.2, 0.25) is 0 Å². The Labute approximate surface area is 98.5 Å². The molecular formula is C12H25N3O. The van der Waals surface area contributed by atoms with Crippen molar-refractivity contribution in [3.8, 4) is 0 Å². The quantitative estimate of drug-likeness (QED) is 0.537. The first-order valence-corrected chi connectivity index (χ1v) is 6.52. The lowest BCUT2D eigenvalue weighted by Crippen LogP contribution is -2.55. The molecule has 0 aromatic carbocycles. The van der Waals surface area contributed by atoms with Gasteiger partial charge in [-0.3, -0.25) is 16.2 Å². The topological polar surface area (TPSA) is 50.5 Å². The first-order chi connectivity index (χ1) is 7.70. The fourth-order valence-electron chi connectivity index (χ4n) is 2.45. The molecule has 1 aliphatic carbocycles. The molecule has 16 heavy (non-hydrogen) atoms. The summed E-state index contributed by atoms with van der Waals surface area (Å²) in [5.74, 6) is 6.54. The first-order valence-electron chi connectivity index (χ1n) is 6.52. The molecular weight excluding hydrogens is 202 g/mol. The van der Waals surface area contributed by atoms with Gasteiger partial charge in [0.05, 0.1) is 12.7 Å². The summed E-state index contributed by atoms with van der Waals surface area (Å²) < 4.78 is 5.86. The second-order valence-corrected chi connectivity index (χ2v) is 5.45. The Hall–Kier alpha value is -0.160. The SMILES string of the molecule is CC(C)N1CCOC(C(CC2CC2)NN)C1. The van der Waals surface area contributed by atoms with Gasteiger partial charge in [-0.1, -0.05) is 12.8 Å². The molecule has 0 bridgehead atoms. The van der Waals surface area contributed by atoms with E-state index in [9.17, 15) is 0 Å². The average Bonchev–Trinajstić information content (AvgIpc) is 3.10. The van der Waals surface area contributed by atoms with Gasteiger partial charge in [0.15, 0.2) is 0 Å². The van der Waals surface area contributed by atoms with E-state index in [2.05, 4.69) is 24.2 Å². The number of hydrogen-bond donors (Lipinski definition) is 2. The third kappa shape index (κ3) is 3.17. The lowest BCUT2D eigenvalue weighted by Gasteiger charge is -2.38. The van der Waals surface area contributed by atoms with Crippen molar-refractivity contribution < 1.29 is 4.74 Å². The lowest BCUT2D eigenvalue weighted by molar-refractivity contribution is -0.0573. The summed E-state index contributed by atoms with van der Waals surface area (Å²) >= 11 is 0. The van der Waals surface area contributed by atoms with E-state index in [4.69, 9.17) is 10.6 Å². The Bertz CT molecular complexity index is 218. The molecule has 2 fully saturated rings. The van der Waals surface area contributed by atoms with Crippen LogP contribution in [0, 0.1) is 5.92 Å². The van der Waals surface area contributed by atoms with E-state index in [0.717, 1.165) is 25.6 Å². The van der Waals surface area contributed by atoms with Gasteiger partial charge in [0, 0.05) is 25.2 Å². The molecule has 4 nitrogen and oxygen atoms in total. The average molecular weight is 227 g/mol. The van der Waals surface area contributed by atoms with E-state index in [1.165, 1.54) is 19.3 Å². The largest absolute Gasteiger partial charge is 0.374 e. The third-order valence-corrected chi connectivity index (χ3v) is 3.80. The first kappa shape index (κ1) is 12.3. The number of morpholine rings is 1. The van der Waals surface area contributed by atoms with Crippen LogP contribution in [-0.4, -0.2) is 42.8 Å². The normalized spacial score (nSPS) is 29.6. The summed E-state index contributed by atoms with van der Waals surface area (Å²) in [6.07, 6.45) is 4.19. The van der Waals surface area contributed by atoms with Crippen molar-refractivity contribution >= 4 is 0 Å². The number of ether oxygens (including phenoxy) is 1. The molecule has 0 radical (unpaired) electrons. The van der Waals surface area contributed by atoms with E-state index in [1.54, 1.807) is 0 Å². The minimum absolute atomic E-state index is 0.266. The second kappa shape index (κ2) is 5.45. The molecule has 94 valence electrons. The van der Waals surface area contributed by atoms with E-state index in [-0.39, 0.29) is 6.10 Å². The number of nitrogens with one attached hydrogen (secondary N) is 1. The predicted molar refractivity (Wildman–Crippen MR) is 64.9 cm³/mol. The summed E-state index contributed by atoms with van der Waals surface area (Å²) in [4.78, 5) is 2.48. The molecule has 2 rings (SSSR count). The van der Waals surface area contributed by atoms with Crippen molar-refractivity contribution in [2.24, 2.45) is 11.8 Å². The Kier molecular flexibility index (Phi) is 4.19. The van der Waals surface area contributed by atoms with E-state index in [1.807, 2.05) is 0 Å². The van der Waals surface area contributed by atoms with Crippen LogP contribution >= 0.6 is 0 Å². The Morgan fingerprint density at radius 1 is 1.44 bits per heavy atom. The van der Waals surface area contributed by atoms with Gasteiger partial charge in [0.25, 0.3) is 0 Å².